The number of rotatable bonds is 7. The van der Waals surface area contributed by atoms with E-state index in [4.69, 9.17) is 0 Å². The molecule has 0 radical (unpaired) electrons. The summed E-state index contributed by atoms with van der Waals surface area (Å²) < 4.78 is 1.91. The molecule has 1 fully saturated rings. The van der Waals surface area contributed by atoms with Crippen molar-refractivity contribution in [3.05, 3.63) is 126 Å². The minimum Gasteiger partial charge on any atom is -0.481 e. The zero-order chi connectivity index (χ0) is 22.1. The molecule has 1 aliphatic carbocycles. The lowest BCUT2D eigenvalue weighted by atomic mass is 9.76. The number of ketones is 1. The van der Waals surface area contributed by atoms with E-state index in [0.717, 1.165) is 16.7 Å². The molecule has 4 aromatic rings. The first-order chi connectivity index (χ1) is 15.6. The van der Waals surface area contributed by atoms with Gasteiger partial charge in [0.15, 0.2) is 5.78 Å². The Bertz CT molecular complexity index is 1150. The van der Waals surface area contributed by atoms with E-state index >= 15 is 0 Å². The van der Waals surface area contributed by atoms with Crippen molar-refractivity contribution in [1.29, 1.82) is 0 Å². The number of aliphatic carboxylic acids is 1. The number of Topliss-reactive ketones (excluding diaryl/α,β-unsaturated/α-hetero) is 1. The van der Waals surface area contributed by atoms with E-state index in [1.807, 2.05) is 95.6 Å². The number of benzene rings is 3. The molecule has 1 N–H and O–H groups in total. The Hall–Kier alpha value is -3.99. The van der Waals surface area contributed by atoms with Crippen LogP contribution in [0.1, 0.15) is 33.6 Å². The van der Waals surface area contributed by atoms with Crippen molar-refractivity contribution in [1.82, 2.24) is 9.55 Å². The zero-order valence-corrected chi connectivity index (χ0v) is 17.3. The van der Waals surface area contributed by atoms with Gasteiger partial charge in [0.25, 0.3) is 0 Å². The molecule has 5 heteroatoms. The molecule has 1 saturated carbocycles. The van der Waals surface area contributed by atoms with E-state index in [2.05, 4.69) is 4.98 Å². The van der Waals surface area contributed by atoms with Gasteiger partial charge in [0.1, 0.15) is 11.2 Å². The summed E-state index contributed by atoms with van der Waals surface area (Å²) in [4.78, 5) is 29.2. The van der Waals surface area contributed by atoms with Gasteiger partial charge in [-0.1, -0.05) is 91.0 Å². The van der Waals surface area contributed by atoms with Crippen LogP contribution in [0.25, 0.3) is 0 Å². The highest BCUT2D eigenvalue weighted by Crippen LogP contribution is 2.45. The van der Waals surface area contributed by atoms with E-state index in [1.165, 1.54) is 0 Å². The summed E-state index contributed by atoms with van der Waals surface area (Å²) in [5, 5.41) is 9.36. The van der Waals surface area contributed by atoms with Crippen LogP contribution in [0.2, 0.25) is 0 Å². The van der Waals surface area contributed by atoms with Gasteiger partial charge in [0.2, 0.25) is 0 Å². The van der Waals surface area contributed by atoms with Gasteiger partial charge in [-0.15, -0.1) is 0 Å². The van der Waals surface area contributed by atoms with Crippen molar-refractivity contribution in [2.75, 3.05) is 0 Å². The Labute approximate surface area is 186 Å². The largest absolute Gasteiger partial charge is 0.481 e. The van der Waals surface area contributed by atoms with E-state index < -0.39 is 23.3 Å². The van der Waals surface area contributed by atoms with Crippen LogP contribution in [-0.2, 0) is 10.3 Å². The van der Waals surface area contributed by atoms with Crippen molar-refractivity contribution in [2.45, 2.75) is 12.0 Å². The van der Waals surface area contributed by atoms with Crippen LogP contribution in [-0.4, -0.2) is 26.4 Å². The van der Waals surface area contributed by atoms with Crippen molar-refractivity contribution in [3.8, 4) is 0 Å². The molecule has 3 aromatic carbocycles. The average molecular weight is 422 g/mol. The Morgan fingerprint density at radius 2 is 1.25 bits per heavy atom. The van der Waals surface area contributed by atoms with Gasteiger partial charge in [0, 0.05) is 5.92 Å². The first-order valence-corrected chi connectivity index (χ1v) is 10.6. The second-order valence-corrected chi connectivity index (χ2v) is 8.11. The van der Waals surface area contributed by atoms with Crippen LogP contribution < -0.4 is 0 Å². The molecule has 5 nitrogen and oxygen atoms in total. The monoisotopic (exact) mass is 422 g/mol. The van der Waals surface area contributed by atoms with Gasteiger partial charge in [0.05, 0.1) is 18.4 Å². The number of aromatic nitrogens is 2. The number of carboxylic acid groups (broad SMARTS) is 1. The minimum absolute atomic E-state index is 0.179. The molecule has 5 rings (SSSR count). The summed E-state index contributed by atoms with van der Waals surface area (Å²) >= 11 is 0. The zero-order valence-electron chi connectivity index (χ0n) is 17.3. The molecule has 1 unspecified atom stereocenters. The van der Waals surface area contributed by atoms with Crippen LogP contribution in [0.5, 0.6) is 0 Å². The molecule has 1 aromatic heterocycles. The van der Waals surface area contributed by atoms with Crippen molar-refractivity contribution in [3.63, 3.8) is 0 Å². The first-order valence-electron chi connectivity index (χ1n) is 10.6. The Morgan fingerprint density at radius 1 is 0.781 bits per heavy atom. The Kier molecular flexibility index (Phi) is 4.94. The lowest BCUT2D eigenvalue weighted by Gasteiger charge is -2.38. The normalized spacial score (nSPS) is 17.6. The topological polar surface area (TPSA) is 72.2 Å². The Balaban J connectivity index is 1.79. The second kappa shape index (κ2) is 7.93. The lowest BCUT2D eigenvalue weighted by molar-refractivity contribution is -0.138. The fourth-order valence-electron chi connectivity index (χ4n) is 4.65. The number of carboxylic acids is 1. The standard InChI is InChI=1S/C27H22N2O3/c30-25(22-16-23(22)26(31)32)24-17-28-18-29(24)27(19-10-4-1-5-11-19,20-12-6-2-7-13-20)21-14-8-3-9-15-21/h1-15,17-18,22-23H,16H2,(H,31,32)/t22-,23?/m0/s1. The molecular formula is C27H22N2O3. The molecule has 2 atom stereocenters. The molecule has 1 heterocycles. The highest BCUT2D eigenvalue weighted by Gasteiger charge is 2.50. The van der Waals surface area contributed by atoms with Crippen molar-refractivity contribution < 1.29 is 14.7 Å². The van der Waals surface area contributed by atoms with Gasteiger partial charge in [-0.25, -0.2) is 4.98 Å². The van der Waals surface area contributed by atoms with E-state index in [0.29, 0.717) is 12.1 Å². The Morgan fingerprint density at radius 3 is 1.66 bits per heavy atom. The molecule has 0 amide bonds. The number of carbonyl (C=O) groups is 2. The summed E-state index contributed by atoms with van der Waals surface area (Å²) in [6.07, 6.45) is 3.61. The highest BCUT2D eigenvalue weighted by molar-refractivity contribution is 6.01. The maximum Gasteiger partial charge on any atom is 0.307 e. The third-order valence-corrected chi connectivity index (χ3v) is 6.27. The predicted octanol–water partition coefficient (Wildman–Crippen LogP) is 4.63. The van der Waals surface area contributed by atoms with Crippen LogP contribution in [0.4, 0.5) is 0 Å². The second-order valence-electron chi connectivity index (χ2n) is 8.11. The number of carbonyl (C=O) groups excluding carboxylic acids is 1. The molecule has 0 aliphatic heterocycles. The summed E-state index contributed by atoms with van der Waals surface area (Å²) in [5.41, 5.74) is 2.51. The molecule has 32 heavy (non-hydrogen) atoms. The smallest absolute Gasteiger partial charge is 0.307 e. The number of imidazole rings is 1. The van der Waals surface area contributed by atoms with Gasteiger partial charge in [-0.3, -0.25) is 9.59 Å². The fourth-order valence-corrected chi connectivity index (χ4v) is 4.65. The van der Waals surface area contributed by atoms with E-state index in [1.54, 1.807) is 12.5 Å². The molecular weight excluding hydrogens is 400 g/mol. The van der Waals surface area contributed by atoms with E-state index in [9.17, 15) is 14.7 Å². The summed E-state index contributed by atoms with van der Waals surface area (Å²) in [6, 6.07) is 30.1. The molecule has 1 aliphatic rings. The molecule has 158 valence electrons. The summed E-state index contributed by atoms with van der Waals surface area (Å²) in [5.74, 6) is -2.23. The fraction of sp³-hybridized carbons (Fsp3) is 0.148. The SMILES string of the molecule is O=C(O)C1C[C@@H]1C(=O)c1cncn1C(c1ccccc1)(c1ccccc1)c1ccccc1. The molecule has 0 bridgehead atoms. The van der Waals surface area contributed by atoms with Crippen LogP contribution >= 0.6 is 0 Å². The van der Waals surface area contributed by atoms with E-state index in [-0.39, 0.29) is 5.78 Å². The van der Waals surface area contributed by atoms with Crippen LogP contribution in [0.15, 0.2) is 104 Å². The van der Waals surface area contributed by atoms with Crippen molar-refractivity contribution in [2.24, 2.45) is 11.8 Å². The lowest BCUT2D eigenvalue weighted by Crippen LogP contribution is -2.39. The highest BCUT2D eigenvalue weighted by atomic mass is 16.4. The minimum atomic E-state index is -0.921. The first kappa shape index (κ1) is 19.9. The predicted molar refractivity (Wildman–Crippen MR) is 120 cm³/mol. The maximum atomic E-state index is 13.4. The van der Waals surface area contributed by atoms with Crippen LogP contribution in [0.3, 0.4) is 0 Å². The third-order valence-electron chi connectivity index (χ3n) is 6.27. The van der Waals surface area contributed by atoms with Gasteiger partial charge in [-0.05, 0) is 23.1 Å². The van der Waals surface area contributed by atoms with Gasteiger partial charge >= 0.3 is 5.97 Å². The molecule has 0 spiro atoms. The molecule has 0 saturated heterocycles. The number of hydrogen-bond donors (Lipinski definition) is 1. The maximum absolute atomic E-state index is 13.4. The van der Waals surface area contributed by atoms with Crippen LogP contribution in [0, 0.1) is 11.8 Å². The van der Waals surface area contributed by atoms with Crippen molar-refractivity contribution >= 4 is 11.8 Å². The number of nitrogens with zero attached hydrogens (tertiary/aromatic N) is 2. The third kappa shape index (κ3) is 3.14. The van der Waals surface area contributed by atoms with Gasteiger partial charge in [-0.2, -0.15) is 0 Å². The number of hydrogen-bond acceptors (Lipinski definition) is 3. The summed E-state index contributed by atoms with van der Waals surface area (Å²) in [7, 11) is 0. The summed E-state index contributed by atoms with van der Waals surface area (Å²) in [6.45, 7) is 0. The quantitative estimate of drug-likeness (QED) is 0.348. The average Bonchev–Trinajstić information content (AvgIpc) is 3.51. The van der Waals surface area contributed by atoms with Gasteiger partial charge < -0.3 is 9.67 Å².